The van der Waals surface area contributed by atoms with E-state index in [9.17, 15) is 13.2 Å². The van der Waals surface area contributed by atoms with E-state index in [4.69, 9.17) is 4.52 Å². The fourth-order valence-electron chi connectivity index (χ4n) is 2.95. The number of piperidine rings is 1. The number of aromatic nitrogens is 1. The first-order valence-corrected chi connectivity index (χ1v) is 10.4. The standard InChI is InChI=1S/C18H23N3O4S/c22-18(19-9-12-26(23,24)21-10-5-2-6-11-21)14-16-13-17(25-20-16)15-7-3-1-4-8-15/h1,3-4,7-8,13H,2,5-6,9-12,14H2,(H,19,22). The molecule has 2 heterocycles. The normalized spacial score (nSPS) is 15.7. The van der Waals surface area contributed by atoms with Gasteiger partial charge < -0.3 is 9.84 Å². The van der Waals surface area contributed by atoms with Crippen LogP contribution >= 0.6 is 0 Å². The van der Waals surface area contributed by atoms with Crippen LogP contribution in [0.25, 0.3) is 11.3 Å². The van der Waals surface area contributed by atoms with Crippen LogP contribution in [0.2, 0.25) is 0 Å². The van der Waals surface area contributed by atoms with E-state index in [1.54, 1.807) is 6.07 Å². The van der Waals surface area contributed by atoms with Crippen LogP contribution in [0.3, 0.4) is 0 Å². The fourth-order valence-corrected chi connectivity index (χ4v) is 4.38. The van der Waals surface area contributed by atoms with Crippen molar-refractivity contribution in [1.29, 1.82) is 0 Å². The Bertz CT molecular complexity index is 827. The van der Waals surface area contributed by atoms with Crippen LogP contribution in [-0.4, -0.2) is 49.2 Å². The Hall–Kier alpha value is -2.19. The first-order valence-electron chi connectivity index (χ1n) is 8.80. The zero-order valence-corrected chi connectivity index (χ0v) is 15.4. The van der Waals surface area contributed by atoms with Gasteiger partial charge in [0.25, 0.3) is 0 Å². The van der Waals surface area contributed by atoms with Gasteiger partial charge in [-0.25, -0.2) is 12.7 Å². The van der Waals surface area contributed by atoms with Crippen molar-refractivity contribution in [2.45, 2.75) is 25.7 Å². The number of carbonyl (C=O) groups excluding carboxylic acids is 1. The first-order chi connectivity index (χ1) is 12.5. The molecule has 0 atom stereocenters. The maximum absolute atomic E-state index is 12.2. The molecule has 0 saturated carbocycles. The Balaban J connectivity index is 1.46. The number of rotatable bonds is 7. The van der Waals surface area contributed by atoms with Crippen molar-refractivity contribution < 1.29 is 17.7 Å². The molecule has 1 aromatic heterocycles. The Morgan fingerprint density at radius 1 is 1.15 bits per heavy atom. The summed E-state index contributed by atoms with van der Waals surface area (Å²) in [7, 11) is -3.30. The van der Waals surface area contributed by atoms with Crippen molar-refractivity contribution in [2.24, 2.45) is 0 Å². The molecule has 1 saturated heterocycles. The molecule has 1 N–H and O–H groups in total. The summed E-state index contributed by atoms with van der Waals surface area (Å²) in [5, 5.41) is 6.55. The minimum atomic E-state index is -3.30. The zero-order chi connectivity index (χ0) is 18.4. The molecule has 8 heteroatoms. The van der Waals surface area contributed by atoms with Gasteiger partial charge in [-0.3, -0.25) is 4.79 Å². The van der Waals surface area contributed by atoms with Crippen LogP contribution < -0.4 is 5.32 Å². The number of nitrogens with one attached hydrogen (secondary N) is 1. The molecule has 0 aliphatic carbocycles. The fraction of sp³-hybridized carbons (Fsp3) is 0.444. The number of benzene rings is 1. The van der Waals surface area contributed by atoms with E-state index in [2.05, 4.69) is 10.5 Å². The van der Waals surface area contributed by atoms with Gasteiger partial charge in [0.2, 0.25) is 15.9 Å². The van der Waals surface area contributed by atoms with Crippen LogP contribution in [0.1, 0.15) is 25.0 Å². The largest absolute Gasteiger partial charge is 0.356 e. The van der Waals surface area contributed by atoms with Gasteiger partial charge in [-0.05, 0) is 12.8 Å². The van der Waals surface area contributed by atoms with E-state index in [0.29, 0.717) is 24.5 Å². The van der Waals surface area contributed by atoms with Gasteiger partial charge in [0.05, 0.1) is 17.9 Å². The lowest BCUT2D eigenvalue weighted by atomic mass is 10.1. The monoisotopic (exact) mass is 377 g/mol. The molecule has 1 aliphatic heterocycles. The predicted octanol–water partition coefficient (Wildman–Crippen LogP) is 1.82. The summed E-state index contributed by atoms with van der Waals surface area (Å²) in [6.45, 7) is 1.26. The van der Waals surface area contributed by atoms with E-state index in [1.165, 1.54) is 4.31 Å². The minimum Gasteiger partial charge on any atom is -0.356 e. The number of hydrogen-bond donors (Lipinski definition) is 1. The number of nitrogens with zero attached hydrogens (tertiary/aromatic N) is 2. The van der Waals surface area contributed by atoms with Crippen molar-refractivity contribution >= 4 is 15.9 Å². The summed E-state index contributed by atoms with van der Waals surface area (Å²) < 4.78 is 31.2. The molecule has 2 aromatic rings. The molecule has 26 heavy (non-hydrogen) atoms. The molecule has 7 nitrogen and oxygen atoms in total. The van der Waals surface area contributed by atoms with Crippen LogP contribution in [0.15, 0.2) is 40.9 Å². The summed E-state index contributed by atoms with van der Waals surface area (Å²) in [4.78, 5) is 12.0. The molecule has 140 valence electrons. The van der Waals surface area contributed by atoms with Gasteiger partial charge in [0, 0.05) is 31.3 Å². The van der Waals surface area contributed by atoms with Crippen molar-refractivity contribution in [3.05, 3.63) is 42.1 Å². The lowest BCUT2D eigenvalue weighted by Crippen LogP contribution is -2.40. The van der Waals surface area contributed by atoms with Crippen molar-refractivity contribution in [2.75, 3.05) is 25.4 Å². The average molecular weight is 377 g/mol. The Kier molecular flexibility index (Phi) is 6.05. The van der Waals surface area contributed by atoms with Gasteiger partial charge in [-0.1, -0.05) is 41.9 Å². The van der Waals surface area contributed by atoms with E-state index >= 15 is 0 Å². The maximum Gasteiger partial charge on any atom is 0.226 e. The highest BCUT2D eigenvalue weighted by Gasteiger charge is 2.23. The quantitative estimate of drug-likeness (QED) is 0.794. The maximum atomic E-state index is 12.2. The summed E-state index contributed by atoms with van der Waals surface area (Å²) in [5.41, 5.74) is 1.40. The third kappa shape index (κ3) is 4.92. The number of amides is 1. The average Bonchev–Trinajstić information content (AvgIpc) is 3.11. The van der Waals surface area contributed by atoms with E-state index in [-0.39, 0.29) is 24.6 Å². The Morgan fingerprint density at radius 2 is 1.88 bits per heavy atom. The van der Waals surface area contributed by atoms with Crippen LogP contribution in [-0.2, 0) is 21.2 Å². The smallest absolute Gasteiger partial charge is 0.226 e. The molecule has 0 unspecified atom stereocenters. The summed E-state index contributed by atoms with van der Waals surface area (Å²) in [6, 6.07) is 11.2. The van der Waals surface area contributed by atoms with Crippen LogP contribution in [0.5, 0.6) is 0 Å². The molecule has 0 radical (unpaired) electrons. The topological polar surface area (TPSA) is 92.5 Å². The van der Waals surface area contributed by atoms with Crippen molar-refractivity contribution in [3.63, 3.8) is 0 Å². The molecule has 1 aromatic carbocycles. The van der Waals surface area contributed by atoms with Gasteiger partial charge in [-0.2, -0.15) is 0 Å². The van der Waals surface area contributed by atoms with Crippen molar-refractivity contribution in [3.8, 4) is 11.3 Å². The SMILES string of the molecule is O=C(Cc1cc(-c2ccccc2)on1)NCCS(=O)(=O)N1CCCCC1. The van der Waals surface area contributed by atoms with E-state index < -0.39 is 10.0 Å². The first kappa shape index (κ1) is 18.6. The molecule has 0 spiro atoms. The summed E-state index contributed by atoms with van der Waals surface area (Å²) >= 11 is 0. The Morgan fingerprint density at radius 3 is 2.62 bits per heavy atom. The second-order valence-electron chi connectivity index (χ2n) is 6.35. The minimum absolute atomic E-state index is 0.0557. The highest BCUT2D eigenvalue weighted by molar-refractivity contribution is 7.89. The number of sulfonamides is 1. The molecule has 0 bridgehead atoms. The zero-order valence-electron chi connectivity index (χ0n) is 14.6. The van der Waals surface area contributed by atoms with Gasteiger partial charge >= 0.3 is 0 Å². The molecule has 1 aliphatic rings. The van der Waals surface area contributed by atoms with Gasteiger partial charge in [-0.15, -0.1) is 0 Å². The van der Waals surface area contributed by atoms with Crippen molar-refractivity contribution in [1.82, 2.24) is 14.8 Å². The highest BCUT2D eigenvalue weighted by atomic mass is 32.2. The summed E-state index contributed by atoms with van der Waals surface area (Å²) in [5.74, 6) is 0.250. The third-order valence-corrected chi connectivity index (χ3v) is 6.22. The molecule has 1 fully saturated rings. The number of carbonyl (C=O) groups is 1. The molecule has 1 amide bonds. The number of hydrogen-bond acceptors (Lipinski definition) is 5. The van der Waals surface area contributed by atoms with E-state index in [0.717, 1.165) is 24.8 Å². The molecular weight excluding hydrogens is 354 g/mol. The molecule has 3 rings (SSSR count). The summed E-state index contributed by atoms with van der Waals surface area (Å²) in [6.07, 6.45) is 2.94. The van der Waals surface area contributed by atoms with Gasteiger partial charge in [0.1, 0.15) is 0 Å². The van der Waals surface area contributed by atoms with Gasteiger partial charge in [0.15, 0.2) is 5.76 Å². The van der Waals surface area contributed by atoms with Crippen LogP contribution in [0.4, 0.5) is 0 Å². The lowest BCUT2D eigenvalue weighted by Gasteiger charge is -2.25. The van der Waals surface area contributed by atoms with E-state index in [1.807, 2.05) is 30.3 Å². The highest BCUT2D eigenvalue weighted by Crippen LogP contribution is 2.19. The molecular formula is C18H23N3O4S. The Labute approximate surface area is 153 Å². The second-order valence-corrected chi connectivity index (χ2v) is 8.44. The third-order valence-electron chi connectivity index (χ3n) is 4.35. The van der Waals surface area contributed by atoms with Crippen LogP contribution in [0, 0.1) is 0 Å². The lowest BCUT2D eigenvalue weighted by molar-refractivity contribution is -0.120. The predicted molar refractivity (Wildman–Crippen MR) is 97.9 cm³/mol. The second kappa shape index (κ2) is 8.46.